The summed E-state index contributed by atoms with van der Waals surface area (Å²) in [5.74, 6) is 5.52. The van der Waals surface area contributed by atoms with Crippen molar-refractivity contribution in [2.24, 2.45) is 24.8 Å². The lowest BCUT2D eigenvalue weighted by Crippen LogP contribution is -2.53. The Bertz CT molecular complexity index is 1320. The molecule has 0 spiro atoms. The molecule has 0 radical (unpaired) electrons. The monoisotopic (exact) mass is 475 g/mol. The second kappa shape index (κ2) is 7.82. The fourth-order valence-corrected chi connectivity index (χ4v) is 7.37. The zero-order valence-corrected chi connectivity index (χ0v) is 20.7. The van der Waals surface area contributed by atoms with E-state index in [0.29, 0.717) is 29.2 Å². The first-order chi connectivity index (χ1) is 17.1. The van der Waals surface area contributed by atoms with E-state index in [1.165, 1.54) is 12.8 Å². The number of hydrogen-bond donors (Lipinski definition) is 0. The molecule has 4 heterocycles. The summed E-state index contributed by atoms with van der Waals surface area (Å²) >= 11 is 0. The van der Waals surface area contributed by atoms with Gasteiger partial charge in [-0.1, -0.05) is 0 Å². The van der Waals surface area contributed by atoms with Gasteiger partial charge < -0.3 is 23.5 Å². The first-order valence-corrected chi connectivity index (χ1v) is 13.1. The van der Waals surface area contributed by atoms with E-state index >= 15 is 0 Å². The number of likely N-dealkylation sites (tertiary alicyclic amines) is 1. The van der Waals surface area contributed by atoms with Crippen molar-refractivity contribution in [3.05, 3.63) is 29.7 Å². The van der Waals surface area contributed by atoms with E-state index in [2.05, 4.69) is 21.0 Å². The minimum atomic E-state index is 0.121. The Balaban J connectivity index is 1.28. The lowest BCUT2D eigenvalue weighted by atomic mass is 9.53. The van der Waals surface area contributed by atoms with Gasteiger partial charge in [0.25, 0.3) is 5.91 Å². The summed E-state index contributed by atoms with van der Waals surface area (Å²) in [7, 11) is 3.68. The van der Waals surface area contributed by atoms with E-state index in [1.54, 1.807) is 7.11 Å². The van der Waals surface area contributed by atoms with Crippen LogP contribution in [0.3, 0.4) is 0 Å². The van der Waals surface area contributed by atoms with Gasteiger partial charge in [-0.25, -0.2) is 9.97 Å². The van der Waals surface area contributed by atoms with Gasteiger partial charge in [0.1, 0.15) is 22.8 Å². The molecule has 1 unspecified atom stereocenters. The van der Waals surface area contributed by atoms with E-state index in [-0.39, 0.29) is 5.91 Å². The molecular weight excluding hydrogens is 442 g/mol. The molecule has 2 aliphatic heterocycles. The molecule has 2 saturated carbocycles. The fourth-order valence-electron chi connectivity index (χ4n) is 7.37. The smallest absolute Gasteiger partial charge is 0.254 e. The summed E-state index contributed by atoms with van der Waals surface area (Å²) in [4.78, 5) is 25.5. The average Bonchev–Trinajstić information content (AvgIpc) is 3.44. The van der Waals surface area contributed by atoms with Gasteiger partial charge in [0, 0.05) is 50.9 Å². The molecule has 4 fully saturated rings. The second-order valence-corrected chi connectivity index (χ2v) is 10.8. The van der Waals surface area contributed by atoms with Crippen LogP contribution in [0.1, 0.15) is 54.7 Å². The maximum atomic E-state index is 13.6. The Morgan fingerprint density at radius 1 is 1.20 bits per heavy atom. The maximum absolute atomic E-state index is 13.6. The SMILES string of the molecule is CCn1c(-c2nc3cc(C(=O)N4C[C@H]5CC6C[C@@H]4[C@H]65)cc(OC)c3n2C)cnc1C1CCOCC1. The van der Waals surface area contributed by atoms with Crippen LogP contribution in [0.5, 0.6) is 5.75 Å². The predicted molar refractivity (Wildman–Crippen MR) is 131 cm³/mol. The largest absolute Gasteiger partial charge is 0.494 e. The number of rotatable bonds is 5. The normalized spacial score (nSPS) is 27.6. The van der Waals surface area contributed by atoms with Gasteiger partial charge in [0.15, 0.2) is 5.82 Å². The molecule has 184 valence electrons. The Labute approximate surface area is 205 Å². The molecule has 1 amide bonds. The summed E-state index contributed by atoms with van der Waals surface area (Å²) in [6, 6.07) is 4.29. The highest BCUT2D eigenvalue weighted by atomic mass is 16.5. The van der Waals surface area contributed by atoms with Crippen LogP contribution in [-0.4, -0.2) is 62.8 Å². The topological polar surface area (TPSA) is 74.4 Å². The third kappa shape index (κ3) is 2.98. The number of carbonyl (C=O) groups excluding carboxylic acids is 1. The van der Waals surface area contributed by atoms with Crippen LogP contribution in [0, 0.1) is 17.8 Å². The third-order valence-electron chi connectivity index (χ3n) is 9.19. The lowest BCUT2D eigenvalue weighted by molar-refractivity contribution is -0.0204. The molecule has 1 aromatic carbocycles. The van der Waals surface area contributed by atoms with E-state index in [9.17, 15) is 4.79 Å². The van der Waals surface area contributed by atoms with Crippen molar-refractivity contribution in [2.45, 2.75) is 51.1 Å². The van der Waals surface area contributed by atoms with Crippen molar-refractivity contribution in [3.63, 3.8) is 0 Å². The number of carbonyl (C=O) groups is 1. The molecule has 2 aromatic heterocycles. The highest BCUT2D eigenvalue weighted by Gasteiger charge is 2.61. The highest BCUT2D eigenvalue weighted by molar-refractivity contribution is 6.00. The quantitative estimate of drug-likeness (QED) is 0.561. The lowest BCUT2D eigenvalue weighted by Gasteiger charge is -2.52. The molecule has 0 N–H and O–H groups in total. The summed E-state index contributed by atoms with van der Waals surface area (Å²) in [5.41, 5.74) is 3.37. The Morgan fingerprint density at radius 2 is 2.03 bits per heavy atom. The van der Waals surface area contributed by atoms with Crippen molar-refractivity contribution in [3.8, 4) is 17.3 Å². The van der Waals surface area contributed by atoms with Gasteiger partial charge in [-0.15, -0.1) is 0 Å². The number of aromatic nitrogens is 4. The molecule has 2 saturated heterocycles. The van der Waals surface area contributed by atoms with E-state index < -0.39 is 0 Å². The molecule has 3 aromatic rings. The van der Waals surface area contributed by atoms with E-state index in [0.717, 1.165) is 79.4 Å². The molecular formula is C27H33N5O3. The maximum Gasteiger partial charge on any atom is 0.254 e. The van der Waals surface area contributed by atoms with Gasteiger partial charge in [0.05, 0.1) is 18.8 Å². The number of ether oxygens (including phenoxy) is 2. The minimum Gasteiger partial charge on any atom is -0.494 e. The van der Waals surface area contributed by atoms with Gasteiger partial charge >= 0.3 is 0 Å². The number of fused-ring (bicyclic) bond motifs is 1. The molecule has 35 heavy (non-hydrogen) atoms. The predicted octanol–water partition coefficient (Wildman–Crippen LogP) is 3.84. The van der Waals surface area contributed by atoms with Gasteiger partial charge in [-0.3, -0.25) is 4.79 Å². The van der Waals surface area contributed by atoms with Crippen LogP contribution in [0.25, 0.3) is 22.6 Å². The first kappa shape index (κ1) is 21.4. The number of methoxy groups -OCH3 is 1. The fraction of sp³-hybridized carbons (Fsp3) is 0.593. The molecule has 4 aliphatic rings. The average molecular weight is 476 g/mol. The number of benzene rings is 1. The van der Waals surface area contributed by atoms with Crippen LogP contribution in [0.2, 0.25) is 0 Å². The van der Waals surface area contributed by atoms with Gasteiger partial charge in [0.2, 0.25) is 0 Å². The molecule has 0 bridgehead atoms. The van der Waals surface area contributed by atoms with Crippen LogP contribution in [0.4, 0.5) is 0 Å². The molecule has 8 heteroatoms. The summed E-state index contributed by atoms with van der Waals surface area (Å²) in [6.07, 6.45) is 6.42. The van der Waals surface area contributed by atoms with E-state index in [4.69, 9.17) is 19.4 Å². The van der Waals surface area contributed by atoms with Crippen LogP contribution in [-0.2, 0) is 18.3 Å². The summed E-state index contributed by atoms with van der Waals surface area (Å²) in [6.45, 7) is 5.46. The second-order valence-electron chi connectivity index (χ2n) is 10.8. The molecule has 7 rings (SSSR count). The number of aryl methyl sites for hydroxylation is 1. The van der Waals surface area contributed by atoms with Gasteiger partial charge in [-0.05, 0) is 62.5 Å². The Morgan fingerprint density at radius 3 is 2.74 bits per heavy atom. The summed E-state index contributed by atoms with van der Waals surface area (Å²) < 4.78 is 15.7. The first-order valence-electron chi connectivity index (χ1n) is 13.1. The van der Waals surface area contributed by atoms with E-state index in [1.807, 2.05) is 25.4 Å². The minimum absolute atomic E-state index is 0.121. The highest BCUT2D eigenvalue weighted by Crippen LogP contribution is 2.60. The molecule has 4 atom stereocenters. The van der Waals surface area contributed by atoms with Crippen molar-refractivity contribution < 1.29 is 14.3 Å². The number of imidazole rings is 2. The van der Waals surface area contributed by atoms with Crippen LogP contribution < -0.4 is 4.74 Å². The van der Waals surface area contributed by atoms with Gasteiger partial charge in [-0.2, -0.15) is 0 Å². The zero-order valence-electron chi connectivity index (χ0n) is 20.7. The number of amides is 1. The van der Waals surface area contributed by atoms with Crippen molar-refractivity contribution in [2.75, 3.05) is 26.9 Å². The Hall–Kier alpha value is -2.87. The van der Waals surface area contributed by atoms with Crippen molar-refractivity contribution in [1.82, 2.24) is 24.0 Å². The van der Waals surface area contributed by atoms with Crippen molar-refractivity contribution in [1.29, 1.82) is 0 Å². The van der Waals surface area contributed by atoms with Crippen molar-refractivity contribution >= 4 is 16.9 Å². The van der Waals surface area contributed by atoms with Crippen LogP contribution >= 0.6 is 0 Å². The molecule has 8 nitrogen and oxygen atoms in total. The zero-order chi connectivity index (χ0) is 23.8. The number of nitrogens with zero attached hydrogens (tertiary/aromatic N) is 5. The Kier molecular flexibility index (Phi) is 4.78. The standard InChI is InChI=1S/C27H33N5O3/c1-4-31-21(13-28-25(31)15-5-7-35-8-6-15)26-29-19-10-17(12-22(34-3)24(19)30(26)2)27(33)32-14-18-9-16-11-20(32)23(16)18/h10,12-13,15-16,18,20,23H,4-9,11,14H2,1-3H3/t16?,18-,20-,23-/m1/s1. The third-order valence-corrected chi connectivity index (χ3v) is 9.19. The number of hydrogen-bond acceptors (Lipinski definition) is 5. The molecule has 2 aliphatic carbocycles. The van der Waals surface area contributed by atoms with Crippen LogP contribution in [0.15, 0.2) is 18.3 Å². The summed E-state index contributed by atoms with van der Waals surface area (Å²) in [5, 5.41) is 0.